The summed E-state index contributed by atoms with van der Waals surface area (Å²) in [5.41, 5.74) is -0.318. The lowest BCUT2D eigenvalue weighted by atomic mass is 10.3. The number of rotatable bonds is 3. The lowest BCUT2D eigenvalue weighted by Gasteiger charge is -2.18. The van der Waals surface area contributed by atoms with Crippen LogP contribution >= 0.6 is 35.0 Å². The average molecular weight is 399 g/mol. The highest BCUT2D eigenvalue weighted by Crippen LogP contribution is 2.39. The van der Waals surface area contributed by atoms with Crippen molar-refractivity contribution in [2.75, 3.05) is 19.8 Å². The SMILES string of the molecule is CN(C)/C(=N\c1cc(SCC(F)(F)F)c(Cl)cc1Cl)C(F)(F)F. The second-order valence-electron chi connectivity index (χ2n) is 4.47. The summed E-state index contributed by atoms with van der Waals surface area (Å²) in [4.78, 5) is 4.07. The summed E-state index contributed by atoms with van der Waals surface area (Å²) in [5, 5.41) is -0.295. The Balaban J connectivity index is 3.26. The molecular formula is C12H10Cl2F6N2S. The Kier molecular flexibility index (Phi) is 6.51. The minimum Gasteiger partial charge on any atom is -0.359 e. The summed E-state index contributed by atoms with van der Waals surface area (Å²) in [6, 6.07) is 2.06. The number of benzene rings is 1. The van der Waals surface area contributed by atoms with Crippen LogP contribution in [-0.2, 0) is 0 Å². The van der Waals surface area contributed by atoms with Crippen LogP contribution in [-0.4, -0.2) is 42.9 Å². The minimum absolute atomic E-state index is 0.0626. The summed E-state index contributed by atoms with van der Waals surface area (Å²) in [6.45, 7) is 0. The molecule has 0 aromatic heterocycles. The third-order valence-electron chi connectivity index (χ3n) is 2.30. The van der Waals surface area contributed by atoms with Crippen LogP contribution in [0.2, 0.25) is 10.0 Å². The first-order valence-corrected chi connectivity index (χ1v) is 7.57. The standard InChI is InChI=1S/C12H10Cl2F6N2S/c1-22(2)10(12(18,19)20)21-8-4-9(7(14)3-6(8)13)23-5-11(15,16)17/h3-4H,5H2,1-2H3/b21-10-. The monoisotopic (exact) mass is 398 g/mol. The van der Waals surface area contributed by atoms with E-state index in [1.165, 1.54) is 0 Å². The molecule has 0 aliphatic rings. The number of alkyl halides is 6. The summed E-state index contributed by atoms with van der Waals surface area (Å²) >= 11 is 11.9. The fourth-order valence-electron chi connectivity index (χ4n) is 1.41. The minimum atomic E-state index is -4.74. The Hall–Kier alpha value is -0.800. The van der Waals surface area contributed by atoms with E-state index in [0.29, 0.717) is 11.8 Å². The third kappa shape index (κ3) is 6.31. The Morgan fingerprint density at radius 1 is 1.09 bits per heavy atom. The van der Waals surface area contributed by atoms with E-state index in [-0.39, 0.29) is 20.6 Å². The van der Waals surface area contributed by atoms with Gasteiger partial charge >= 0.3 is 12.4 Å². The van der Waals surface area contributed by atoms with E-state index in [1.54, 1.807) is 0 Å². The number of thioether (sulfide) groups is 1. The average Bonchev–Trinajstić information content (AvgIpc) is 2.33. The Bertz CT molecular complexity index is 598. The fraction of sp³-hybridized carbons (Fsp3) is 0.417. The van der Waals surface area contributed by atoms with Gasteiger partial charge in [-0.1, -0.05) is 23.2 Å². The van der Waals surface area contributed by atoms with Crippen molar-refractivity contribution in [2.24, 2.45) is 4.99 Å². The van der Waals surface area contributed by atoms with Gasteiger partial charge < -0.3 is 4.90 Å². The molecule has 2 nitrogen and oxygen atoms in total. The maximum Gasteiger partial charge on any atom is 0.449 e. The number of hydrogen-bond donors (Lipinski definition) is 0. The molecule has 0 saturated heterocycles. The highest BCUT2D eigenvalue weighted by Gasteiger charge is 2.38. The van der Waals surface area contributed by atoms with Gasteiger partial charge in [0.2, 0.25) is 5.84 Å². The quantitative estimate of drug-likeness (QED) is 0.276. The fourth-order valence-corrected chi connectivity index (χ4v) is 2.71. The van der Waals surface area contributed by atoms with Crippen molar-refractivity contribution in [2.45, 2.75) is 17.2 Å². The molecule has 1 aromatic rings. The van der Waals surface area contributed by atoms with Gasteiger partial charge in [-0.3, -0.25) is 0 Å². The van der Waals surface area contributed by atoms with Crippen LogP contribution in [0.1, 0.15) is 0 Å². The number of amidine groups is 1. The van der Waals surface area contributed by atoms with Crippen molar-refractivity contribution in [3.05, 3.63) is 22.2 Å². The maximum absolute atomic E-state index is 12.9. The van der Waals surface area contributed by atoms with E-state index in [4.69, 9.17) is 23.2 Å². The van der Waals surface area contributed by atoms with E-state index in [9.17, 15) is 26.3 Å². The highest BCUT2D eigenvalue weighted by molar-refractivity contribution is 7.99. The van der Waals surface area contributed by atoms with Gasteiger partial charge in [-0.05, 0) is 12.1 Å². The first-order chi connectivity index (χ1) is 10.3. The normalized spacial score (nSPS) is 13.4. The largest absolute Gasteiger partial charge is 0.449 e. The molecule has 0 atom stereocenters. The molecule has 0 unspecified atom stereocenters. The van der Waals surface area contributed by atoms with Crippen LogP contribution in [0, 0.1) is 0 Å². The van der Waals surface area contributed by atoms with E-state index in [1.807, 2.05) is 0 Å². The molecule has 130 valence electrons. The van der Waals surface area contributed by atoms with Crippen LogP contribution in [0.4, 0.5) is 32.0 Å². The first-order valence-electron chi connectivity index (χ1n) is 5.83. The lowest BCUT2D eigenvalue weighted by Crippen LogP contribution is -2.35. The molecule has 1 aromatic carbocycles. The molecule has 0 N–H and O–H groups in total. The molecule has 0 radical (unpaired) electrons. The lowest BCUT2D eigenvalue weighted by molar-refractivity contribution is -0.105. The van der Waals surface area contributed by atoms with Gasteiger partial charge in [0, 0.05) is 19.0 Å². The predicted octanol–water partition coefficient (Wildman–Crippen LogP) is 5.80. The van der Waals surface area contributed by atoms with Gasteiger partial charge in [0.15, 0.2) is 0 Å². The summed E-state index contributed by atoms with van der Waals surface area (Å²) in [5.74, 6) is -2.48. The first kappa shape index (κ1) is 20.2. The third-order valence-corrected chi connectivity index (χ3v) is 4.14. The maximum atomic E-state index is 12.9. The molecule has 23 heavy (non-hydrogen) atoms. The molecule has 0 aliphatic carbocycles. The Labute approximate surface area is 142 Å². The predicted molar refractivity (Wildman–Crippen MR) is 80.1 cm³/mol. The zero-order chi connectivity index (χ0) is 18.0. The Morgan fingerprint density at radius 2 is 1.65 bits per heavy atom. The molecular weight excluding hydrogens is 389 g/mol. The van der Waals surface area contributed by atoms with Crippen LogP contribution in [0.25, 0.3) is 0 Å². The summed E-state index contributed by atoms with van der Waals surface area (Å²) < 4.78 is 75.4. The molecule has 11 heteroatoms. The molecule has 1 rings (SSSR count). The van der Waals surface area contributed by atoms with Gasteiger partial charge in [-0.2, -0.15) is 26.3 Å². The van der Waals surface area contributed by atoms with Gasteiger partial charge in [-0.25, -0.2) is 4.99 Å². The topological polar surface area (TPSA) is 15.6 Å². The number of aliphatic imine (C=N–C) groups is 1. The van der Waals surface area contributed by atoms with Crippen molar-refractivity contribution in [3.63, 3.8) is 0 Å². The molecule has 0 amide bonds. The van der Waals surface area contributed by atoms with Crippen LogP contribution in [0.5, 0.6) is 0 Å². The molecule has 0 bridgehead atoms. The molecule has 0 spiro atoms. The molecule has 0 aliphatic heterocycles. The molecule has 0 heterocycles. The van der Waals surface area contributed by atoms with E-state index in [0.717, 1.165) is 31.1 Å². The van der Waals surface area contributed by atoms with Crippen molar-refractivity contribution in [1.29, 1.82) is 0 Å². The van der Waals surface area contributed by atoms with Crippen LogP contribution in [0.15, 0.2) is 22.0 Å². The summed E-state index contributed by atoms with van der Waals surface area (Å²) in [7, 11) is 2.27. The number of nitrogens with zero attached hydrogens (tertiary/aromatic N) is 2. The van der Waals surface area contributed by atoms with Crippen LogP contribution in [0.3, 0.4) is 0 Å². The second kappa shape index (κ2) is 7.40. The van der Waals surface area contributed by atoms with Crippen molar-refractivity contribution >= 4 is 46.5 Å². The summed E-state index contributed by atoms with van der Waals surface area (Å²) in [6.07, 6.45) is -9.19. The second-order valence-corrected chi connectivity index (χ2v) is 6.30. The molecule has 0 saturated carbocycles. The van der Waals surface area contributed by atoms with E-state index in [2.05, 4.69) is 4.99 Å². The number of hydrogen-bond acceptors (Lipinski definition) is 2. The highest BCUT2D eigenvalue weighted by atomic mass is 35.5. The van der Waals surface area contributed by atoms with Crippen molar-refractivity contribution in [3.8, 4) is 0 Å². The van der Waals surface area contributed by atoms with Gasteiger partial charge in [0.25, 0.3) is 0 Å². The van der Waals surface area contributed by atoms with Gasteiger partial charge in [0.1, 0.15) is 0 Å². The van der Waals surface area contributed by atoms with E-state index < -0.39 is 23.9 Å². The zero-order valence-corrected chi connectivity index (χ0v) is 14.0. The van der Waals surface area contributed by atoms with Crippen LogP contribution < -0.4 is 0 Å². The smallest absolute Gasteiger partial charge is 0.359 e. The van der Waals surface area contributed by atoms with E-state index >= 15 is 0 Å². The molecule has 0 fully saturated rings. The number of halogens is 8. The zero-order valence-electron chi connectivity index (χ0n) is 11.7. The van der Waals surface area contributed by atoms with Crippen molar-refractivity contribution in [1.82, 2.24) is 4.90 Å². The Morgan fingerprint density at radius 3 is 2.09 bits per heavy atom. The van der Waals surface area contributed by atoms with Gasteiger partial charge in [-0.15, -0.1) is 11.8 Å². The van der Waals surface area contributed by atoms with Gasteiger partial charge in [0.05, 0.1) is 21.5 Å². The van der Waals surface area contributed by atoms with Crippen molar-refractivity contribution < 1.29 is 26.3 Å².